The summed E-state index contributed by atoms with van der Waals surface area (Å²) in [6.45, 7) is 1.09. The van der Waals surface area contributed by atoms with E-state index < -0.39 is 0 Å². The van der Waals surface area contributed by atoms with Crippen molar-refractivity contribution in [1.82, 2.24) is 15.3 Å². The van der Waals surface area contributed by atoms with Gasteiger partial charge in [0.2, 0.25) is 5.95 Å². The summed E-state index contributed by atoms with van der Waals surface area (Å²) >= 11 is 3.58. The molecule has 1 fully saturated rings. The minimum absolute atomic E-state index is 0.426. The summed E-state index contributed by atoms with van der Waals surface area (Å²) in [5, 5.41) is 8.09. The van der Waals surface area contributed by atoms with Gasteiger partial charge in [-0.05, 0) is 55.3 Å². The van der Waals surface area contributed by atoms with Crippen LogP contribution in [0.25, 0.3) is 22.2 Å². The van der Waals surface area contributed by atoms with E-state index in [-0.39, 0.29) is 0 Å². The van der Waals surface area contributed by atoms with Crippen LogP contribution in [-0.2, 0) is 0 Å². The Hall–Kier alpha value is -2.76. The molecular weight excluding hydrogens is 436 g/mol. The average molecular weight is 459 g/mol. The van der Waals surface area contributed by atoms with Crippen LogP contribution >= 0.6 is 15.9 Å². The Morgan fingerprint density at radius 3 is 2.63 bits per heavy atom. The first-order valence-electron chi connectivity index (χ1n) is 10.4. The van der Waals surface area contributed by atoms with Gasteiger partial charge in [0, 0.05) is 27.2 Å². The Bertz CT molecular complexity index is 1170. The average Bonchev–Trinajstić information content (AvgIpc) is 2.80. The molecule has 30 heavy (non-hydrogen) atoms. The van der Waals surface area contributed by atoms with Gasteiger partial charge in [-0.3, -0.25) is 0 Å². The molecule has 3 aromatic carbocycles. The fourth-order valence-electron chi connectivity index (χ4n) is 4.07. The Labute approximate surface area is 184 Å². The summed E-state index contributed by atoms with van der Waals surface area (Å²) in [6.07, 6.45) is 3.72. The van der Waals surface area contributed by atoms with Crippen LogP contribution in [-0.4, -0.2) is 16.5 Å². The van der Waals surface area contributed by atoms with Gasteiger partial charge in [0.15, 0.2) is 0 Å². The van der Waals surface area contributed by atoms with Gasteiger partial charge in [0.05, 0.1) is 11.2 Å². The number of benzene rings is 3. The van der Waals surface area contributed by atoms with Crippen molar-refractivity contribution in [2.45, 2.75) is 25.3 Å². The molecule has 4 aromatic rings. The van der Waals surface area contributed by atoms with Gasteiger partial charge in [0.1, 0.15) is 0 Å². The number of piperidine rings is 1. The topological polar surface area (TPSA) is 49.8 Å². The molecule has 1 saturated heterocycles. The number of hydrogen-bond donors (Lipinski definition) is 2. The quantitative estimate of drug-likeness (QED) is 0.360. The maximum atomic E-state index is 4.89. The van der Waals surface area contributed by atoms with E-state index in [1.807, 2.05) is 30.3 Å². The molecule has 5 rings (SSSR count). The summed E-state index contributed by atoms with van der Waals surface area (Å²) < 4.78 is 1.02. The summed E-state index contributed by atoms with van der Waals surface area (Å²) in [4.78, 5) is 9.67. The molecule has 1 aliphatic rings. The van der Waals surface area contributed by atoms with Crippen molar-refractivity contribution >= 4 is 38.5 Å². The van der Waals surface area contributed by atoms with Crippen molar-refractivity contribution in [3.8, 4) is 11.3 Å². The normalized spacial score (nSPS) is 16.5. The van der Waals surface area contributed by atoms with Gasteiger partial charge >= 0.3 is 0 Å². The van der Waals surface area contributed by atoms with Crippen molar-refractivity contribution < 1.29 is 0 Å². The lowest BCUT2D eigenvalue weighted by Gasteiger charge is -2.24. The third-order valence-corrected chi connectivity index (χ3v) is 6.05. The predicted octanol–water partition coefficient (Wildman–Crippen LogP) is 6.62. The van der Waals surface area contributed by atoms with Crippen molar-refractivity contribution in [2.24, 2.45) is 0 Å². The molecule has 0 saturated carbocycles. The fraction of sp³-hybridized carbons (Fsp3) is 0.200. The molecule has 150 valence electrons. The smallest absolute Gasteiger partial charge is 0.228 e. The van der Waals surface area contributed by atoms with Crippen molar-refractivity contribution in [3.05, 3.63) is 82.8 Å². The SMILES string of the molecule is Brc1ccc2nc(Nc3cccc(C4CCCCN4)c3)nc(-c3ccccc3)c2c1. The second-order valence-corrected chi connectivity index (χ2v) is 8.59. The highest BCUT2D eigenvalue weighted by molar-refractivity contribution is 9.10. The van der Waals surface area contributed by atoms with E-state index in [1.54, 1.807) is 0 Å². The third kappa shape index (κ3) is 4.09. The molecule has 1 aliphatic heterocycles. The van der Waals surface area contributed by atoms with Crippen LogP contribution in [0.4, 0.5) is 11.6 Å². The minimum Gasteiger partial charge on any atom is -0.324 e. The van der Waals surface area contributed by atoms with Gasteiger partial charge in [-0.15, -0.1) is 0 Å². The van der Waals surface area contributed by atoms with Crippen molar-refractivity contribution in [2.75, 3.05) is 11.9 Å². The zero-order chi connectivity index (χ0) is 20.3. The largest absolute Gasteiger partial charge is 0.324 e. The number of halogens is 1. The van der Waals surface area contributed by atoms with Gasteiger partial charge in [0.25, 0.3) is 0 Å². The number of rotatable bonds is 4. The number of nitrogens with one attached hydrogen (secondary N) is 2. The number of hydrogen-bond acceptors (Lipinski definition) is 4. The van der Waals surface area contributed by atoms with Gasteiger partial charge < -0.3 is 10.6 Å². The molecule has 2 N–H and O–H groups in total. The van der Waals surface area contributed by atoms with E-state index in [4.69, 9.17) is 9.97 Å². The van der Waals surface area contributed by atoms with Crippen LogP contribution in [0.15, 0.2) is 77.3 Å². The maximum absolute atomic E-state index is 4.89. The van der Waals surface area contributed by atoms with Crippen LogP contribution < -0.4 is 10.6 Å². The van der Waals surface area contributed by atoms with E-state index in [0.717, 1.165) is 38.9 Å². The zero-order valence-corrected chi connectivity index (χ0v) is 18.2. The second-order valence-electron chi connectivity index (χ2n) is 7.68. The van der Waals surface area contributed by atoms with Crippen LogP contribution in [0.5, 0.6) is 0 Å². The van der Waals surface area contributed by atoms with Gasteiger partial charge in [-0.1, -0.05) is 64.8 Å². The molecule has 0 aliphatic carbocycles. The third-order valence-electron chi connectivity index (χ3n) is 5.56. The minimum atomic E-state index is 0.426. The number of nitrogens with zero attached hydrogens (tertiary/aromatic N) is 2. The monoisotopic (exact) mass is 458 g/mol. The molecule has 1 unspecified atom stereocenters. The fourth-order valence-corrected chi connectivity index (χ4v) is 4.43. The highest BCUT2D eigenvalue weighted by atomic mass is 79.9. The summed E-state index contributed by atoms with van der Waals surface area (Å²) in [7, 11) is 0. The van der Waals surface area contributed by atoms with Gasteiger partial charge in [-0.25, -0.2) is 9.97 Å². The van der Waals surface area contributed by atoms with E-state index in [2.05, 4.69) is 69.0 Å². The summed E-state index contributed by atoms with van der Waals surface area (Å²) in [5.74, 6) is 0.609. The standard InChI is InChI=1S/C25H23BrN4/c26-19-12-13-23-21(16-19)24(17-7-2-1-3-8-17)30-25(29-23)28-20-10-6-9-18(15-20)22-11-4-5-14-27-22/h1-3,6-10,12-13,15-16,22,27H,4-5,11,14H2,(H,28,29,30). The van der Waals surface area contributed by atoms with Crippen LogP contribution in [0.1, 0.15) is 30.9 Å². The van der Waals surface area contributed by atoms with Crippen molar-refractivity contribution in [3.63, 3.8) is 0 Å². The number of anilines is 2. The summed E-state index contributed by atoms with van der Waals surface area (Å²) in [5.41, 5.74) is 5.24. The second kappa shape index (κ2) is 8.54. The van der Waals surface area contributed by atoms with E-state index in [0.29, 0.717) is 12.0 Å². The molecule has 5 heteroatoms. The van der Waals surface area contributed by atoms with Gasteiger partial charge in [-0.2, -0.15) is 0 Å². The Morgan fingerprint density at radius 2 is 1.80 bits per heavy atom. The molecule has 0 amide bonds. The lowest BCUT2D eigenvalue weighted by Crippen LogP contribution is -2.26. The van der Waals surface area contributed by atoms with Crippen LogP contribution in [0.3, 0.4) is 0 Å². The summed E-state index contributed by atoms with van der Waals surface area (Å²) in [6, 6.07) is 25.4. The first-order chi connectivity index (χ1) is 14.8. The van der Waals surface area contributed by atoms with E-state index >= 15 is 0 Å². The lowest BCUT2D eigenvalue weighted by atomic mass is 9.97. The predicted molar refractivity (Wildman–Crippen MR) is 127 cm³/mol. The molecule has 1 atom stereocenters. The molecule has 1 aromatic heterocycles. The lowest BCUT2D eigenvalue weighted by molar-refractivity contribution is 0.412. The number of fused-ring (bicyclic) bond motifs is 1. The highest BCUT2D eigenvalue weighted by Crippen LogP contribution is 2.31. The Balaban J connectivity index is 1.53. The van der Waals surface area contributed by atoms with Crippen LogP contribution in [0.2, 0.25) is 0 Å². The Kier molecular flexibility index (Phi) is 5.47. The highest BCUT2D eigenvalue weighted by Gasteiger charge is 2.15. The van der Waals surface area contributed by atoms with Crippen LogP contribution in [0, 0.1) is 0 Å². The van der Waals surface area contributed by atoms with Crippen molar-refractivity contribution in [1.29, 1.82) is 0 Å². The maximum Gasteiger partial charge on any atom is 0.228 e. The molecule has 0 spiro atoms. The Morgan fingerprint density at radius 1 is 0.900 bits per heavy atom. The first-order valence-corrected chi connectivity index (χ1v) is 11.2. The first kappa shape index (κ1) is 19.2. The molecular formula is C25H23BrN4. The molecule has 4 nitrogen and oxygen atoms in total. The van der Waals surface area contributed by atoms with E-state index in [1.165, 1.54) is 24.8 Å². The van der Waals surface area contributed by atoms with E-state index in [9.17, 15) is 0 Å². The molecule has 2 heterocycles. The molecule has 0 radical (unpaired) electrons. The molecule has 0 bridgehead atoms. The zero-order valence-electron chi connectivity index (χ0n) is 16.6. The number of aromatic nitrogens is 2.